The lowest BCUT2D eigenvalue weighted by molar-refractivity contribution is -0.153. The summed E-state index contributed by atoms with van der Waals surface area (Å²) in [7, 11) is 0. The van der Waals surface area contributed by atoms with Gasteiger partial charge in [0.25, 0.3) is 0 Å². The van der Waals surface area contributed by atoms with Crippen LogP contribution in [-0.2, 0) is 9.53 Å². The van der Waals surface area contributed by atoms with Gasteiger partial charge in [-0.2, -0.15) is 0 Å². The van der Waals surface area contributed by atoms with E-state index in [1.54, 1.807) is 6.92 Å². The molecule has 3 fully saturated rings. The predicted molar refractivity (Wildman–Crippen MR) is 133 cm³/mol. The molecule has 4 aliphatic carbocycles. The van der Waals surface area contributed by atoms with E-state index < -0.39 is 0 Å². The van der Waals surface area contributed by atoms with Crippen LogP contribution in [0.2, 0.25) is 0 Å². The molecule has 3 saturated carbocycles. The molecular formula is C30H50O2. The van der Waals surface area contributed by atoms with Crippen molar-refractivity contribution in [3.63, 3.8) is 0 Å². The van der Waals surface area contributed by atoms with Gasteiger partial charge in [0.2, 0.25) is 0 Å². The summed E-state index contributed by atoms with van der Waals surface area (Å²) in [4.78, 5) is 11.5. The lowest BCUT2D eigenvalue weighted by Crippen LogP contribution is -2.52. The summed E-state index contributed by atoms with van der Waals surface area (Å²) in [6, 6.07) is 0. The Kier molecular flexibility index (Phi) is 6.92. The third kappa shape index (κ3) is 4.22. The summed E-state index contributed by atoms with van der Waals surface area (Å²) in [6.07, 6.45) is 17.2. The molecule has 0 spiro atoms. The van der Waals surface area contributed by atoms with E-state index in [-0.39, 0.29) is 12.1 Å². The first kappa shape index (κ1) is 24.3. The Bertz CT molecular complexity index is 710. The Hall–Kier alpha value is -0.790. The minimum absolute atomic E-state index is 0.112. The van der Waals surface area contributed by atoms with E-state index in [0.717, 1.165) is 54.3 Å². The molecule has 32 heavy (non-hydrogen) atoms. The van der Waals surface area contributed by atoms with Gasteiger partial charge in [-0.25, -0.2) is 0 Å². The molecule has 2 nitrogen and oxygen atoms in total. The Balaban J connectivity index is 1.47. The van der Waals surface area contributed by atoms with Crippen LogP contribution in [0.4, 0.5) is 0 Å². The van der Waals surface area contributed by atoms with Crippen molar-refractivity contribution >= 4 is 5.97 Å². The Morgan fingerprint density at radius 1 is 0.938 bits per heavy atom. The summed E-state index contributed by atoms with van der Waals surface area (Å²) >= 11 is 0. The van der Waals surface area contributed by atoms with Crippen LogP contribution in [0.1, 0.15) is 106 Å². The van der Waals surface area contributed by atoms with E-state index in [0.29, 0.717) is 16.7 Å². The second-order valence-electron chi connectivity index (χ2n) is 13.3. The summed E-state index contributed by atoms with van der Waals surface area (Å²) in [5, 5.41) is 0. The van der Waals surface area contributed by atoms with Gasteiger partial charge in [-0.1, -0.05) is 66.5 Å². The molecule has 0 aromatic carbocycles. The topological polar surface area (TPSA) is 26.3 Å². The third-order valence-electron chi connectivity index (χ3n) is 11.4. The van der Waals surface area contributed by atoms with Crippen molar-refractivity contribution < 1.29 is 9.53 Å². The molecule has 0 aromatic rings. The maximum absolute atomic E-state index is 11.5. The molecule has 0 bridgehead atoms. The minimum Gasteiger partial charge on any atom is -0.463 e. The smallest absolute Gasteiger partial charge is 0.302 e. The van der Waals surface area contributed by atoms with Crippen LogP contribution < -0.4 is 0 Å². The number of ether oxygens (including phenoxy) is 1. The van der Waals surface area contributed by atoms with Crippen LogP contribution in [0, 0.1) is 58.2 Å². The average Bonchev–Trinajstić information content (AvgIpc) is 3.08. The third-order valence-corrected chi connectivity index (χ3v) is 11.4. The largest absolute Gasteiger partial charge is 0.463 e. The lowest BCUT2D eigenvalue weighted by atomic mass is 9.46. The SMILES string of the molecule is CC(=O)OC1CCC2(C)C3CCC4(C)C(CCC4[C@H](C)CC[C@H](C)C(C)C)C3C=C[C@H]2C1. The van der Waals surface area contributed by atoms with Gasteiger partial charge in [0, 0.05) is 6.92 Å². The van der Waals surface area contributed by atoms with Crippen molar-refractivity contribution in [3.8, 4) is 0 Å². The fraction of sp³-hybridized carbons (Fsp3) is 0.900. The predicted octanol–water partition coefficient (Wildman–Crippen LogP) is 8.06. The van der Waals surface area contributed by atoms with Gasteiger partial charge in [-0.15, -0.1) is 0 Å². The molecule has 0 amide bonds. The van der Waals surface area contributed by atoms with E-state index in [1.165, 1.54) is 44.9 Å². The molecule has 0 aromatic heterocycles. The molecule has 4 rings (SSSR count). The zero-order valence-electron chi connectivity index (χ0n) is 22.0. The van der Waals surface area contributed by atoms with Crippen molar-refractivity contribution in [2.45, 2.75) is 112 Å². The zero-order valence-corrected chi connectivity index (χ0v) is 22.0. The number of allylic oxidation sites excluding steroid dienone is 2. The van der Waals surface area contributed by atoms with Crippen LogP contribution in [0.15, 0.2) is 12.2 Å². The van der Waals surface area contributed by atoms with E-state index in [9.17, 15) is 4.79 Å². The van der Waals surface area contributed by atoms with E-state index in [4.69, 9.17) is 4.74 Å². The van der Waals surface area contributed by atoms with Gasteiger partial charge < -0.3 is 4.74 Å². The van der Waals surface area contributed by atoms with Gasteiger partial charge in [0.05, 0.1) is 0 Å². The molecule has 7 unspecified atom stereocenters. The highest BCUT2D eigenvalue weighted by Gasteiger charge is 2.59. The van der Waals surface area contributed by atoms with Crippen molar-refractivity contribution in [1.29, 1.82) is 0 Å². The fourth-order valence-corrected chi connectivity index (χ4v) is 8.96. The molecule has 0 saturated heterocycles. The quantitative estimate of drug-likeness (QED) is 0.307. The highest BCUT2D eigenvalue weighted by Crippen LogP contribution is 2.67. The van der Waals surface area contributed by atoms with Gasteiger partial charge in [-0.05, 0) is 103 Å². The molecule has 4 aliphatic rings. The van der Waals surface area contributed by atoms with Crippen LogP contribution in [-0.4, -0.2) is 12.1 Å². The van der Waals surface area contributed by atoms with Crippen molar-refractivity contribution in [3.05, 3.63) is 12.2 Å². The van der Waals surface area contributed by atoms with Gasteiger partial charge >= 0.3 is 5.97 Å². The molecular weight excluding hydrogens is 392 g/mol. The summed E-state index contributed by atoms with van der Waals surface area (Å²) in [6.45, 7) is 16.6. The van der Waals surface area contributed by atoms with E-state index in [1.807, 2.05) is 0 Å². The van der Waals surface area contributed by atoms with Crippen LogP contribution in [0.3, 0.4) is 0 Å². The number of carbonyl (C=O) groups is 1. The van der Waals surface area contributed by atoms with Gasteiger partial charge in [0.15, 0.2) is 0 Å². The number of rotatable bonds is 6. The zero-order chi connectivity index (χ0) is 23.3. The first-order valence-corrected chi connectivity index (χ1v) is 13.9. The molecule has 10 atom stereocenters. The van der Waals surface area contributed by atoms with Crippen LogP contribution >= 0.6 is 0 Å². The normalized spacial score (nSPS) is 45.0. The minimum atomic E-state index is -0.112. The molecule has 0 aliphatic heterocycles. The molecule has 2 heteroatoms. The number of carbonyl (C=O) groups excluding carboxylic acids is 1. The first-order valence-electron chi connectivity index (χ1n) is 13.9. The fourth-order valence-electron chi connectivity index (χ4n) is 8.96. The average molecular weight is 443 g/mol. The monoisotopic (exact) mass is 442 g/mol. The van der Waals surface area contributed by atoms with Crippen molar-refractivity contribution in [1.82, 2.24) is 0 Å². The first-order chi connectivity index (χ1) is 15.1. The second-order valence-corrected chi connectivity index (χ2v) is 13.3. The van der Waals surface area contributed by atoms with Gasteiger partial charge in [0.1, 0.15) is 6.10 Å². The maximum atomic E-state index is 11.5. The van der Waals surface area contributed by atoms with E-state index in [2.05, 4.69) is 53.7 Å². The summed E-state index contributed by atoms with van der Waals surface area (Å²) in [5.74, 6) is 6.36. The molecule has 182 valence electrons. The molecule has 0 radical (unpaired) electrons. The summed E-state index contributed by atoms with van der Waals surface area (Å²) in [5.41, 5.74) is 0.928. The molecule has 0 N–H and O–H groups in total. The highest BCUT2D eigenvalue weighted by atomic mass is 16.5. The Labute approximate surface area is 198 Å². The number of hydrogen-bond donors (Lipinski definition) is 0. The van der Waals surface area contributed by atoms with Gasteiger partial charge in [-0.3, -0.25) is 4.79 Å². The van der Waals surface area contributed by atoms with Crippen molar-refractivity contribution in [2.24, 2.45) is 58.2 Å². The Morgan fingerprint density at radius 2 is 1.62 bits per heavy atom. The second kappa shape index (κ2) is 9.10. The van der Waals surface area contributed by atoms with E-state index >= 15 is 0 Å². The van der Waals surface area contributed by atoms with Crippen LogP contribution in [0.5, 0.6) is 0 Å². The standard InChI is InChI=1S/C30H50O2/c1-19(2)20(3)8-9-21(4)26-12-13-27-25-11-10-23-18-24(32-22(5)31)14-16-29(23,6)28(25)15-17-30(26,27)7/h10-11,19-21,23-28H,8-9,12-18H2,1-7H3/t20-,21+,23-,24?,25?,26?,27?,28?,29?,30?/m0/s1. The Morgan fingerprint density at radius 3 is 2.31 bits per heavy atom. The van der Waals surface area contributed by atoms with Crippen LogP contribution in [0.25, 0.3) is 0 Å². The number of esters is 1. The number of hydrogen-bond acceptors (Lipinski definition) is 2. The van der Waals surface area contributed by atoms with Crippen molar-refractivity contribution in [2.75, 3.05) is 0 Å². The lowest BCUT2D eigenvalue weighted by Gasteiger charge is -2.59. The maximum Gasteiger partial charge on any atom is 0.302 e. The number of fused-ring (bicyclic) bond motifs is 5. The summed E-state index contributed by atoms with van der Waals surface area (Å²) < 4.78 is 5.63. The highest BCUT2D eigenvalue weighted by molar-refractivity contribution is 5.66. The molecule has 0 heterocycles.